The highest BCUT2D eigenvalue weighted by atomic mass is 16.5. The molecule has 2 saturated heterocycles. The van der Waals surface area contributed by atoms with Crippen LogP contribution in [0, 0.1) is 5.92 Å². The molecule has 2 aromatic rings. The molecule has 0 radical (unpaired) electrons. The number of hydrogen-bond donors (Lipinski definition) is 1. The zero-order valence-electron chi connectivity index (χ0n) is 19.5. The molecule has 2 fully saturated rings. The molecule has 9 heteroatoms. The second-order valence-electron chi connectivity index (χ2n) is 8.48. The highest BCUT2D eigenvalue weighted by Crippen LogP contribution is 2.30. The molecule has 2 aliphatic rings. The van der Waals surface area contributed by atoms with E-state index in [1.165, 1.54) is 0 Å². The summed E-state index contributed by atoms with van der Waals surface area (Å²) in [6, 6.07) is 11.3. The van der Waals surface area contributed by atoms with Crippen LogP contribution < -0.4 is 15.0 Å². The van der Waals surface area contributed by atoms with Crippen molar-refractivity contribution in [1.82, 2.24) is 15.2 Å². The number of anilines is 2. The highest BCUT2D eigenvalue weighted by Gasteiger charge is 2.31. The SMILES string of the molecule is COCCOCC(=O)N1CCC(Oc2ccc(N(C(=O)C3CNC3)c3cccnc3)cc2)CC1. The van der Waals surface area contributed by atoms with Crippen LogP contribution in [0.2, 0.25) is 0 Å². The van der Waals surface area contributed by atoms with Gasteiger partial charge in [-0.2, -0.15) is 0 Å². The summed E-state index contributed by atoms with van der Waals surface area (Å²) >= 11 is 0. The van der Waals surface area contributed by atoms with Gasteiger partial charge >= 0.3 is 0 Å². The number of piperidine rings is 1. The van der Waals surface area contributed by atoms with Crippen molar-refractivity contribution in [3.63, 3.8) is 0 Å². The van der Waals surface area contributed by atoms with Gasteiger partial charge in [-0.25, -0.2) is 0 Å². The molecular formula is C25H32N4O5. The molecule has 182 valence electrons. The lowest BCUT2D eigenvalue weighted by atomic mass is 10.0. The van der Waals surface area contributed by atoms with Crippen molar-refractivity contribution in [2.45, 2.75) is 18.9 Å². The van der Waals surface area contributed by atoms with E-state index in [1.807, 2.05) is 41.3 Å². The molecule has 34 heavy (non-hydrogen) atoms. The summed E-state index contributed by atoms with van der Waals surface area (Å²) in [5.41, 5.74) is 1.53. The number of likely N-dealkylation sites (tertiary alicyclic amines) is 1. The molecule has 2 aliphatic heterocycles. The van der Waals surface area contributed by atoms with E-state index in [-0.39, 0.29) is 30.4 Å². The fourth-order valence-corrected chi connectivity index (χ4v) is 4.02. The number of pyridine rings is 1. The summed E-state index contributed by atoms with van der Waals surface area (Å²) in [5, 5.41) is 3.16. The molecule has 2 amide bonds. The molecule has 0 bridgehead atoms. The number of methoxy groups -OCH3 is 1. The largest absolute Gasteiger partial charge is 0.490 e. The second kappa shape index (κ2) is 11.9. The Labute approximate surface area is 200 Å². The predicted octanol–water partition coefficient (Wildman–Crippen LogP) is 2.00. The smallest absolute Gasteiger partial charge is 0.248 e. The third-order valence-corrected chi connectivity index (χ3v) is 6.10. The van der Waals surface area contributed by atoms with Gasteiger partial charge in [-0.1, -0.05) is 0 Å². The van der Waals surface area contributed by atoms with Crippen molar-refractivity contribution in [2.24, 2.45) is 5.92 Å². The van der Waals surface area contributed by atoms with Crippen LogP contribution in [0.25, 0.3) is 0 Å². The molecule has 0 saturated carbocycles. The molecule has 0 unspecified atom stereocenters. The average Bonchev–Trinajstić information content (AvgIpc) is 2.83. The Balaban J connectivity index is 1.32. The Kier molecular flexibility index (Phi) is 8.46. The van der Waals surface area contributed by atoms with Crippen LogP contribution in [-0.2, 0) is 19.1 Å². The van der Waals surface area contributed by atoms with Gasteiger partial charge in [0.1, 0.15) is 18.5 Å². The molecule has 1 N–H and O–H groups in total. The minimum absolute atomic E-state index is 0.000675. The Bertz CT molecular complexity index is 928. The van der Waals surface area contributed by atoms with Crippen LogP contribution in [0.1, 0.15) is 12.8 Å². The van der Waals surface area contributed by atoms with E-state index in [9.17, 15) is 9.59 Å². The van der Waals surface area contributed by atoms with Gasteiger partial charge in [-0.05, 0) is 36.4 Å². The van der Waals surface area contributed by atoms with Gasteiger partial charge in [0.05, 0.1) is 31.0 Å². The molecule has 1 aromatic heterocycles. The molecule has 0 atom stereocenters. The van der Waals surface area contributed by atoms with Crippen molar-refractivity contribution in [3.05, 3.63) is 48.8 Å². The number of carbonyl (C=O) groups excluding carboxylic acids is 2. The first-order chi connectivity index (χ1) is 16.7. The van der Waals surface area contributed by atoms with Crippen LogP contribution in [0.3, 0.4) is 0 Å². The topological polar surface area (TPSA) is 93.2 Å². The fourth-order valence-electron chi connectivity index (χ4n) is 4.02. The molecule has 3 heterocycles. The Morgan fingerprint density at radius 3 is 2.47 bits per heavy atom. The number of ether oxygens (including phenoxy) is 3. The number of benzene rings is 1. The summed E-state index contributed by atoms with van der Waals surface area (Å²) in [6.45, 7) is 3.66. The number of hydrogen-bond acceptors (Lipinski definition) is 7. The van der Waals surface area contributed by atoms with E-state index >= 15 is 0 Å². The zero-order chi connectivity index (χ0) is 23.8. The molecule has 0 spiro atoms. The van der Waals surface area contributed by atoms with Crippen LogP contribution in [0.15, 0.2) is 48.8 Å². The van der Waals surface area contributed by atoms with E-state index in [4.69, 9.17) is 14.2 Å². The number of aromatic nitrogens is 1. The normalized spacial score (nSPS) is 16.7. The van der Waals surface area contributed by atoms with Crippen LogP contribution in [-0.4, -0.2) is 80.9 Å². The van der Waals surface area contributed by atoms with Crippen LogP contribution in [0.5, 0.6) is 5.75 Å². The van der Waals surface area contributed by atoms with E-state index in [0.717, 1.165) is 30.0 Å². The van der Waals surface area contributed by atoms with Crippen molar-refractivity contribution < 1.29 is 23.8 Å². The third-order valence-electron chi connectivity index (χ3n) is 6.10. The van der Waals surface area contributed by atoms with Gasteiger partial charge in [-0.3, -0.25) is 19.5 Å². The first-order valence-corrected chi connectivity index (χ1v) is 11.7. The van der Waals surface area contributed by atoms with E-state index in [1.54, 1.807) is 24.4 Å². The van der Waals surface area contributed by atoms with Crippen molar-refractivity contribution in [3.8, 4) is 5.75 Å². The van der Waals surface area contributed by atoms with Crippen LogP contribution in [0.4, 0.5) is 11.4 Å². The van der Waals surface area contributed by atoms with Crippen molar-refractivity contribution in [1.29, 1.82) is 0 Å². The maximum absolute atomic E-state index is 13.1. The molecular weight excluding hydrogens is 436 g/mol. The number of nitrogens with one attached hydrogen (secondary N) is 1. The van der Waals surface area contributed by atoms with Gasteiger partial charge < -0.3 is 24.4 Å². The van der Waals surface area contributed by atoms with Crippen molar-refractivity contribution in [2.75, 3.05) is 58.0 Å². The fraction of sp³-hybridized carbons (Fsp3) is 0.480. The maximum atomic E-state index is 13.1. The summed E-state index contributed by atoms with van der Waals surface area (Å²) in [5.74, 6) is 0.777. The number of rotatable bonds is 10. The van der Waals surface area contributed by atoms with E-state index in [2.05, 4.69) is 10.3 Å². The highest BCUT2D eigenvalue weighted by molar-refractivity contribution is 6.02. The molecule has 4 rings (SSSR count). The lowest BCUT2D eigenvalue weighted by molar-refractivity contribution is -0.138. The third kappa shape index (κ3) is 6.11. The minimum Gasteiger partial charge on any atom is -0.490 e. The first-order valence-electron chi connectivity index (χ1n) is 11.7. The average molecular weight is 469 g/mol. The Morgan fingerprint density at radius 1 is 1.09 bits per heavy atom. The van der Waals surface area contributed by atoms with Crippen molar-refractivity contribution >= 4 is 23.2 Å². The molecule has 0 aliphatic carbocycles. The second-order valence-corrected chi connectivity index (χ2v) is 8.48. The predicted molar refractivity (Wildman–Crippen MR) is 127 cm³/mol. The standard InChI is InChI=1S/C25H32N4O5/c1-32-13-14-33-18-24(30)28-11-8-23(9-12-28)34-22-6-4-20(5-7-22)29(21-3-2-10-26-17-21)25(31)19-15-27-16-19/h2-7,10,17,19,23,27H,8-9,11-16,18H2,1H3. The number of amides is 2. The van der Waals surface area contributed by atoms with Gasteiger partial charge in [0.15, 0.2) is 0 Å². The lowest BCUT2D eigenvalue weighted by Crippen LogP contribution is -2.51. The molecule has 9 nitrogen and oxygen atoms in total. The van der Waals surface area contributed by atoms with Gasteiger partial charge in [-0.15, -0.1) is 0 Å². The quantitative estimate of drug-likeness (QED) is 0.533. The van der Waals surface area contributed by atoms with Gasteiger partial charge in [0.25, 0.3) is 0 Å². The summed E-state index contributed by atoms with van der Waals surface area (Å²) in [7, 11) is 1.60. The van der Waals surface area contributed by atoms with Gasteiger partial charge in [0, 0.05) is 58.0 Å². The van der Waals surface area contributed by atoms with E-state index < -0.39 is 0 Å². The van der Waals surface area contributed by atoms with E-state index in [0.29, 0.717) is 39.4 Å². The Morgan fingerprint density at radius 2 is 1.85 bits per heavy atom. The van der Waals surface area contributed by atoms with Crippen LogP contribution >= 0.6 is 0 Å². The minimum atomic E-state index is -0.0330. The molecule has 1 aromatic carbocycles. The zero-order valence-corrected chi connectivity index (χ0v) is 19.5. The maximum Gasteiger partial charge on any atom is 0.248 e. The summed E-state index contributed by atoms with van der Waals surface area (Å²) in [4.78, 5) is 33.1. The number of nitrogens with zero attached hydrogens (tertiary/aromatic N) is 3. The first kappa shape index (κ1) is 24.1. The summed E-state index contributed by atoms with van der Waals surface area (Å²) in [6.07, 6.45) is 4.97. The lowest BCUT2D eigenvalue weighted by Gasteiger charge is -2.33. The summed E-state index contributed by atoms with van der Waals surface area (Å²) < 4.78 is 16.4. The monoisotopic (exact) mass is 468 g/mol. The Hall–Kier alpha value is -3.01. The van der Waals surface area contributed by atoms with Gasteiger partial charge in [0.2, 0.25) is 11.8 Å². The number of carbonyl (C=O) groups is 2.